The largest absolute Gasteiger partial charge is 0.480 e. The summed E-state index contributed by atoms with van der Waals surface area (Å²) in [5.41, 5.74) is -0.635. The molecular formula is C18H31N3O10. The molecule has 0 radical (unpaired) electrons. The van der Waals surface area contributed by atoms with Crippen LogP contribution in [0.3, 0.4) is 0 Å². The summed E-state index contributed by atoms with van der Waals surface area (Å²) in [7, 11) is 0. The summed E-state index contributed by atoms with van der Waals surface area (Å²) in [6.45, 7) is 2.43. The summed E-state index contributed by atoms with van der Waals surface area (Å²) in [4.78, 5) is 59.5. The van der Waals surface area contributed by atoms with E-state index in [0.29, 0.717) is 0 Å². The minimum absolute atomic E-state index is 0.0204. The first-order chi connectivity index (χ1) is 14.1. The first-order valence-corrected chi connectivity index (χ1v) is 9.39. The Kier molecular flexibility index (Phi) is 11.7. The van der Waals surface area contributed by atoms with Crippen LogP contribution in [-0.2, 0) is 24.0 Å². The number of aliphatic carboxylic acids is 5. The summed E-state index contributed by atoms with van der Waals surface area (Å²) in [6, 6.07) is -0.675. The SMILES string of the molecule is CC(C)(C)C(CN(CCN(CC(=O)O)CC(=O)O)CC(=O)O)N(CC(=O)O)CC(=O)O. The second kappa shape index (κ2) is 12.8. The van der Waals surface area contributed by atoms with Crippen molar-refractivity contribution < 1.29 is 49.5 Å². The highest BCUT2D eigenvalue weighted by Gasteiger charge is 2.34. The molecule has 13 nitrogen and oxygen atoms in total. The molecule has 0 fully saturated rings. The van der Waals surface area contributed by atoms with Gasteiger partial charge in [0.15, 0.2) is 0 Å². The van der Waals surface area contributed by atoms with E-state index in [2.05, 4.69) is 0 Å². The zero-order valence-corrected chi connectivity index (χ0v) is 17.9. The molecule has 0 amide bonds. The fraction of sp³-hybridized carbons (Fsp3) is 0.722. The highest BCUT2D eigenvalue weighted by atomic mass is 16.4. The Balaban J connectivity index is 5.64. The molecule has 0 heterocycles. The number of carboxylic acid groups (broad SMARTS) is 5. The predicted octanol–water partition coefficient (Wildman–Crippen LogP) is -1.27. The van der Waals surface area contributed by atoms with Gasteiger partial charge in [-0.05, 0) is 5.41 Å². The van der Waals surface area contributed by atoms with Crippen LogP contribution in [0.1, 0.15) is 20.8 Å². The van der Waals surface area contributed by atoms with Crippen molar-refractivity contribution in [2.45, 2.75) is 26.8 Å². The molecule has 0 aromatic carbocycles. The van der Waals surface area contributed by atoms with Gasteiger partial charge < -0.3 is 25.5 Å². The van der Waals surface area contributed by atoms with Gasteiger partial charge in [0.25, 0.3) is 0 Å². The van der Waals surface area contributed by atoms with E-state index in [1.807, 2.05) is 0 Å². The Bertz CT molecular complexity index is 629. The average molecular weight is 449 g/mol. The lowest BCUT2D eigenvalue weighted by molar-refractivity contribution is -0.145. The van der Waals surface area contributed by atoms with E-state index in [1.54, 1.807) is 20.8 Å². The molecule has 178 valence electrons. The average Bonchev–Trinajstić information content (AvgIpc) is 2.52. The van der Waals surface area contributed by atoms with Crippen LogP contribution < -0.4 is 0 Å². The van der Waals surface area contributed by atoms with Crippen molar-refractivity contribution in [1.82, 2.24) is 14.7 Å². The molecule has 0 saturated heterocycles. The van der Waals surface area contributed by atoms with Crippen LogP contribution in [0.4, 0.5) is 0 Å². The maximum atomic E-state index is 11.3. The first-order valence-electron chi connectivity index (χ1n) is 9.39. The van der Waals surface area contributed by atoms with Crippen LogP contribution >= 0.6 is 0 Å². The molecule has 13 heteroatoms. The van der Waals surface area contributed by atoms with Crippen molar-refractivity contribution in [3.8, 4) is 0 Å². The van der Waals surface area contributed by atoms with E-state index >= 15 is 0 Å². The minimum atomic E-state index is -1.24. The fourth-order valence-corrected chi connectivity index (χ4v) is 3.11. The molecular weight excluding hydrogens is 418 g/mol. The first kappa shape index (κ1) is 28.2. The van der Waals surface area contributed by atoms with Gasteiger partial charge in [0.2, 0.25) is 0 Å². The Morgan fingerprint density at radius 3 is 1.26 bits per heavy atom. The van der Waals surface area contributed by atoms with Crippen LogP contribution in [0.25, 0.3) is 0 Å². The van der Waals surface area contributed by atoms with Gasteiger partial charge in [-0.1, -0.05) is 20.8 Å². The number of carbonyl (C=O) groups is 5. The van der Waals surface area contributed by atoms with Gasteiger partial charge in [-0.25, -0.2) is 0 Å². The monoisotopic (exact) mass is 449 g/mol. The van der Waals surface area contributed by atoms with Crippen molar-refractivity contribution in [2.24, 2.45) is 5.41 Å². The van der Waals surface area contributed by atoms with Crippen molar-refractivity contribution in [3.63, 3.8) is 0 Å². The van der Waals surface area contributed by atoms with Gasteiger partial charge >= 0.3 is 29.8 Å². The van der Waals surface area contributed by atoms with E-state index in [-0.39, 0.29) is 19.6 Å². The zero-order chi connectivity index (χ0) is 24.4. The smallest absolute Gasteiger partial charge is 0.317 e. The van der Waals surface area contributed by atoms with Crippen LogP contribution in [0.15, 0.2) is 0 Å². The summed E-state index contributed by atoms with van der Waals surface area (Å²) in [6.07, 6.45) is 0. The molecule has 1 atom stereocenters. The molecule has 31 heavy (non-hydrogen) atoms. The van der Waals surface area contributed by atoms with Gasteiger partial charge in [0.05, 0.1) is 32.7 Å². The topological polar surface area (TPSA) is 196 Å². The summed E-state index contributed by atoms with van der Waals surface area (Å²) in [5.74, 6) is -6.16. The van der Waals surface area contributed by atoms with Crippen LogP contribution in [0.5, 0.6) is 0 Å². The summed E-state index contributed by atoms with van der Waals surface area (Å²) < 4.78 is 0. The van der Waals surface area contributed by atoms with Gasteiger partial charge in [0.1, 0.15) is 0 Å². The minimum Gasteiger partial charge on any atom is -0.480 e. The lowest BCUT2D eigenvalue weighted by atomic mass is 9.85. The van der Waals surface area contributed by atoms with Gasteiger partial charge in [-0.3, -0.25) is 38.7 Å². The van der Waals surface area contributed by atoms with Gasteiger partial charge in [-0.15, -0.1) is 0 Å². The maximum Gasteiger partial charge on any atom is 0.317 e. The van der Waals surface area contributed by atoms with E-state index in [4.69, 9.17) is 10.2 Å². The van der Waals surface area contributed by atoms with E-state index in [0.717, 1.165) is 4.90 Å². The van der Waals surface area contributed by atoms with Crippen molar-refractivity contribution >= 4 is 29.8 Å². The number of nitrogens with zero attached hydrogens (tertiary/aromatic N) is 3. The number of hydrogen-bond donors (Lipinski definition) is 5. The Labute approximate surface area is 179 Å². The van der Waals surface area contributed by atoms with Crippen molar-refractivity contribution in [2.75, 3.05) is 52.4 Å². The predicted molar refractivity (Wildman–Crippen MR) is 106 cm³/mol. The molecule has 5 N–H and O–H groups in total. The van der Waals surface area contributed by atoms with E-state index in [9.17, 15) is 39.3 Å². The van der Waals surface area contributed by atoms with Gasteiger partial charge in [-0.2, -0.15) is 0 Å². The second-order valence-corrected chi connectivity index (χ2v) is 8.20. The molecule has 0 rings (SSSR count). The number of carboxylic acids is 5. The molecule has 0 aliphatic heterocycles. The molecule has 0 spiro atoms. The molecule has 1 unspecified atom stereocenters. The van der Waals surface area contributed by atoms with E-state index < -0.39 is 74.0 Å². The Morgan fingerprint density at radius 2 is 0.935 bits per heavy atom. The standard InChI is InChI=1S/C18H31N3O10/c1-18(2,3)12(21(10-16(28)29)11-17(30)31)6-19(7-13(22)23)4-5-20(8-14(24)25)9-15(26)27/h12H,4-11H2,1-3H3,(H,22,23)(H,24,25)(H,26,27)(H,28,29)(H,30,31). The molecule has 0 bridgehead atoms. The molecule has 0 saturated carbocycles. The number of hydrogen-bond acceptors (Lipinski definition) is 8. The van der Waals surface area contributed by atoms with Gasteiger partial charge in [0, 0.05) is 25.7 Å². The summed E-state index contributed by atoms with van der Waals surface area (Å²) >= 11 is 0. The molecule has 0 aliphatic carbocycles. The highest BCUT2D eigenvalue weighted by molar-refractivity contribution is 5.73. The van der Waals surface area contributed by atoms with Crippen LogP contribution in [0, 0.1) is 5.41 Å². The van der Waals surface area contributed by atoms with Crippen LogP contribution in [-0.4, -0.2) is 128 Å². The van der Waals surface area contributed by atoms with Crippen molar-refractivity contribution in [3.05, 3.63) is 0 Å². The Morgan fingerprint density at radius 1 is 0.613 bits per heavy atom. The van der Waals surface area contributed by atoms with Crippen LogP contribution in [0.2, 0.25) is 0 Å². The van der Waals surface area contributed by atoms with E-state index in [1.165, 1.54) is 9.80 Å². The Hall–Kier alpha value is -2.77. The maximum absolute atomic E-state index is 11.3. The molecule has 0 aliphatic rings. The lowest BCUT2D eigenvalue weighted by Crippen LogP contribution is -2.55. The molecule has 0 aromatic heterocycles. The number of rotatable bonds is 16. The highest BCUT2D eigenvalue weighted by Crippen LogP contribution is 2.25. The summed E-state index contributed by atoms with van der Waals surface area (Å²) in [5, 5.41) is 45.5. The lowest BCUT2D eigenvalue weighted by Gasteiger charge is -2.41. The second-order valence-electron chi connectivity index (χ2n) is 8.20. The third-order valence-electron chi connectivity index (χ3n) is 4.36. The van der Waals surface area contributed by atoms with Crippen molar-refractivity contribution in [1.29, 1.82) is 0 Å². The quantitative estimate of drug-likeness (QED) is 0.187. The third-order valence-corrected chi connectivity index (χ3v) is 4.36. The zero-order valence-electron chi connectivity index (χ0n) is 17.9. The third kappa shape index (κ3) is 13.2. The molecule has 0 aromatic rings. The fourth-order valence-electron chi connectivity index (χ4n) is 3.11. The normalized spacial score (nSPS) is 12.8.